The minimum absolute atomic E-state index is 0.0208. The van der Waals surface area contributed by atoms with Crippen molar-refractivity contribution < 1.29 is 13.2 Å². The van der Waals surface area contributed by atoms with Gasteiger partial charge in [-0.3, -0.25) is 9.52 Å². The van der Waals surface area contributed by atoms with Crippen LogP contribution in [0.15, 0.2) is 24.3 Å². The van der Waals surface area contributed by atoms with Gasteiger partial charge in [-0.1, -0.05) is 18.2 Å². The quantitative estimate of drug-likeness (QED) is 0.766. The molecule has 18 heavy (non-hydrogen) atoms. The number of carbonyl (C=O) groups excluding carboxylic acids is 1. The number of hydrogen-bond acceptors (Lipinski definition) is 3. The van der Waals surface area contributed by atoms with Gasteiger partial charge in [0.05, 0.1) is 17.9 Å². The van der Waals surface area contributed by atoms with Gasteiger partial charge in [0.1, 0.15) is 0 Å². The molecule has 0 aliphatic rings. The average molecular weight is 291 g/mol. The highest BCUT2D eigenvalue weighted by molar-refractivity contribution is 7.92. The molecule has 0 saturated heterocycles. The molecule has 0 spiro atoms. The Balaban J connectivity index is 2.92. The summed E-state index contributed by atoms with van der Waals surface area (Å²) in [5.74, 6) is -0.325. The fraction of sp³-hybridized carbons (Fsp3) is 0.364. The van der Waals surface area contributed by atoms with Crippen LogP contribution in [0, 0.1) is 0 Å². The van der Waals surface area contributed by atoms with Gasteiger partial charge < -0.3 is 5.32 Å². The molecular formula is C11H15ClN2O3S. The van der Waals surface area contributed by atoms with Crippen LogP contribution in [0.3, 0.4) is 0 Å². The van der Waals surface area contributed by atoms with Crippen molar-refractivity contribution >= 4 is 33.2 Å². The number of amides is 1. The minimum Gasteiger partial charge on any atom is -0.359 e. The second-order valence-electron chi connectivity index (χ2n) is 3.62. The maximum absolute atomic E-state index is 11.6. The van der Waals surface area contributed by atoms with Crippen molar-refractivity contribution in [1.29, 1.82) is 0 Å². The molecule has 0 aliphatic heterocycles. The Hall–Kier alpha value is -1.27. The van der Waals surface area contributed by atoms with Crippen molar-refractivity contribution in [3.05, 3.63) is 29.8 Å². The number of anilines is 1. The number of nitrogens with one attached hydrogen (secondary N) is 2. The number of likely N-dealkylation sites (N-methyl/N-ethyl adjacent to an activating group) is 1. The fourth-order valence-corrected chi connectivity index (χ4v) is 2.80. The van der Waals surface area contributed by atoms with E-state index in [4.69, 9.17) is 11.6 Å². The lowest BCUT2D eigenvalue weighted by Crippen LogP contribution is -2.22. The van der Waals surface area contributed by atoms with Gasteiger partial charge >= 0.3 is 0 Å². The van der Waals surface area contributed by atoms with Crippen LogP contribution >= 0.6 is 11.6 Å². The van der Waals surface area contributed by atoms with Crippen molar-refractivity contribution in [3.8, 4) is 0 Å². The maximum Gasteiger partial charge on any atom is 0.233 e. The summed E-state index contributed by atoms with van der Waals surface area (Å²) in [6, 6.07) is 6.77. The molecule has 0 aromatic heterocycles. The van der Waals surface area contributed by atoms with Crippen LogP contribution in [-0.2, 0) is 21.2 Å². The predicted molar refractivity (Wildman–Crippen MR) is 72.3 cm³/mol. The molecule has 0 unspecified atom stereocenters. The first-order valence-electron chi connectivity index (χ1n) is 5.33. The van der Waals surface area contributed by atoms with Gasteiger partial charge in [0.2, 0.25) is 15.9 Å². The third kappa shape index (κ3) is 4.54. The number of sulfonamides is 1. The van der Waals surface area contributed by atoms with Gasteiger partial charge in [0.15, 0.2) is 0 Å². The van der Waals surface area contributed by atoms with Crippen LogP contribution in [0.1, 0.15) is 5.56 Å². The van der Waals surface area contributed by atoms with Crippen LogP contribution < -0.4 is 10.0 Å². The summed E-state index contributed by atoms with van der Waals surface area (Å²) in [5.41, 5.74) is 1.03. The van der Waals surface area contributed by atoms with Crippen molar-refractivity contribution in [2.24, 2.45) is 0 Å². The number of carbonyl (C=O) groups is 1. The first-order valence-corrected chi connectivity index (χ1v) is 7.52. The SMILES string of the molecule is CNC(=O)Cc1ccccc1NS(=O)(=O)CCCl. The standard InChI is InChI=1S/C11H15ClN2O3S/c1-13-11(15)8-9-4-2-3-5-10(9)14-18(16,17)7-6-12/h2-5,14H,6-8H2,1H3,(H,13,15). The van der Waals surface area contributed by atoms with E-state index in [0.717, 1.165) is 0 Å². The highest BCUT2D eigenvalue weighted by atomic mass is 35.5. The van der Waals surface area contributed by atoms with Crippen LogP contribution in [0.4, 0.5) is 5.69 Å². The second-order valence-corrected chi connectivity index (χ2v) is 5.84. The van der Waals surface area contributed by atoms with E-state index in [9.17, 15) is 13.2 Å². The van der Waals surface area contributed by atoms with Crippen LogP contribution in [-0.4, -0.2) is 33.0 Å². The van der Waals surface area contributed by atoms with Crippen LogP contribution in [0.25, 0.3) is 0 Å². The van der Waals surface area contributed by atoms with Crippen molar-refractivity contribution in [3.63, 3.8) is 0 Å². The van der Waals surface area contributed by atoms with E-state index in [1.165, 1.54) is 7.05 Å². The molecule has 0 radical (unpaired) electrons. The molecule has 2 N–H and O–H groups in total. The van der Waals surface area contributed by atoms with E-state index in [-0.39, 0.29) is 24.0 Å². The van der Waals surface area contributed by atoms with Gasteiger partial charge in [0, 0.05) is 12.9 Å². The Morgan fingerprint density at radius 1 is 1.33 bits per heavy atom. The Kier molecular flexibility index (Phi) is 5.43. The molecule has 0 saturated carbocycles. The smallest absolute Gasteiger partial charge is 0.233 e. The molecular weight excluding hydrogens is 276 g/mol. The number of halogens is 1. The molecule has 0 bridgehead atoms. The number of para-hydroxylation sites is 1. The summed E-state index contributed by atoms with van der Waals surface area (Å²) in [6.45, 7) is 0. The molecule has 5 nitrogen and oxygen atoms in total. The van der Waals surface area contributed by atoms with E-state index in [1.54, 1.807) is 24.3 Å². The first-order chi connectivity index (χ1) is 8.48. The highest BCUT2D eigenvalue weighted by Crippen LogP contribution is 2.17. The summed E-state index contributed by atoms with van der Waals surface area (Å²) < 4.78 is 25.6. The van der Waals surface area contributed by atoms with Crippen LogP contribution in [0.5, 0.6) is 0 Å². The lowest BCUT2D eigenvalue weighted by atomic mass is 10.1. The Labute approximate surface area is 112 Å². The highest BCUT2D eigenvalue weighted by Gasteiger charge is 2.13. The average Bonchev–Trinajstić information content (AvgIpc) is 2.31. The molecule has 100 valence electrons. The van der Waals surface area contributed by atoms with E-state index < -0.39 is 10.0 Å². The number of rotatable bonds is 6. The zero-order valence-electron chi connectivity index (χ0n) is 9.94. The van der Waals surface area contributed by atoms with E-state index in [1.807, 2.05) is 0 Å². The Bertz CT molecular complexity index is 517. The molecule has 1 rings (SSSR count). The first kappa shape index (κ1) is 14.8. The summed E-state index contributed by atoms with van der Waals surface area (Å²) in [7, 11) is -1.93. The topological polar surface area (TPSA) is 75.3 Å². The van der Waals surface area contributed by atoms with Crippen molar-refractivity contribution in [2.75, 3.05) is 23.4 Å². The summed E-state index contributed by atoms with van der Waals surface area (Å²) in [5, 5.41) is 2.49. The fourth-order valence-electron chi connectivity index (χ4n) is 1.36. The molecule has 7 heteroatoms. The molecule has 0 atom stereocenters. The number of benzene rings is 1. The molecule has 1 aromatic carbocycles. The largest absolute Gasteiger partial charge is 0.359 e. The summed E-state index contributed by atoms with van der Waals surface area (Å²) >= 11 is 5.42. The lowest BCUT2D eigenvalue weighted by Gasteiger charge is -2.11. The van der Waals surface area contributed by atoms with Gasteiger partial charge in [-0.15, -0.1) is 11.6 Å². The third-order valence-electron chi connectivity index (χ3n) is 2.26. The number of alkyl halides is 1. The van der Waals surface area contributed by atoms with Crippen molar-refractivity contribution in [2.45, 2.75) is 6.42 Å². The number of hydrogen-bond donors (Lipinski definition) is 2. The normalized spacial score (nSPS) is 11.0. The zero-order valence-corrected chi connectivity index (χ0v) is 11.5. The van der Waals surface area contributed by atoms with Crippen LogP contribution in [0.2, 0.25) is 0 Å². The molecule has 0 heterocycles. The van der Waals surface area contributed by atoms with Gasteiger partial charge in [-0.25, -0.2) is 8.42 Å². The molecule has 0 aliphatic carbocycles. The molecule has 0 fully saturated rings. The van der Waals surface area contributed by atoms with E-state index >= 15 is 0 Å². The third-order valence-corrected chi connectivity index (χ3v) is 3.94. The minimum atomic E-state index is -3.46. The van der Waals surface area contributed by atoms with Gasteiger partial charge in [-0.05, 0) is 11.6 Å². The van der Waals surface area contributed by atoms with E-state index in [2.05, 4.69) is 10.0 Å². The summed E-state index contributed by atoms with van der Waals surface area (Å²) in [6.07, 6.45) is 0.121. The van der Waals surface area contributed by atoms with Gasteiger partial charge in [-0.2, -0.15) is 0 Å². The second kappa shape index (κ2) is 6.61. The molecule has 1 amide bonds. The zero-order chi connectivity index (χ0) is 13.6. The maximum atomic E-state index is 11.6. The Morgan fingerprint density at radius 3 is 2.61 bits per heavy atom. The van der Waals surface area contributed by atoms with E-state index in [0.29, 0.717) is 11.3 Å². The lowest BCUT2D eigenvalue weighted by molar-refractivity contribution is -0.119. The predicted octanol–water partition coefficient (Wildman–Crippen LogP) is 0.956. The van der Waals surface area contributed by atoms with Crippen molar-refractivity contribution in [1.82, 2.24) is 5.32 Å². The summed E-state index contributed by atoms with van der Waals surface area (Å²) in [4.78, 5) is 11.3. The Morgan fingerprint density at radius 2 is 2.00 bits per heavy atom. The monoisotopic (exact) mass is 290 g/mol. The van der Waals surface area contributed by atoms with Gasteiger partial charge in [0.25, 0.3) is 0 Å². The molecule has 1 aromatic rings.